The van der Waals surface area contributed by atoms with Crippen molar-refractivity contribution in [2.45, 2.75) is 33.8 Å². The number of benzene rings is 1. The molecule has 1 N–H and O–H groups in total. The van der Waals surface area contributed by atoms with Gasteiger partial charge in [-0.25, -0.2) is 0 Å². The Hall–Kier alpha value is -1.22. The minimum absolute atomic E-state index is 0.202. The van der Waals surface area contributed by atoms with Gasteiger partial charge in [-0.1, -0.05) is 26.8 Å². The minimum Gasteiger partial charge on any atom is -0.496 e. The largest absolute Gasteiger partial charge is 0.496 e. The van der Waals surface area contributed by atoms with Gasteiger partial charge in [-0.05, 0) is 24.5 Å². The van der Waals surface area contributed by atoms with Crippen molar-refractivity contribution in [3.8, 4) is 5.75 Å². The highest BCUT2D eigenvalue weighted by molar-refractivity contribution is 5.60. The van der Waals surface area contributed by atoms with Crippen molar-refractivity contribution >= 4 is 5.69 Å². The Bertz CT molecular complexity index is 394. The summed E-state index contributed by atoms with van der Waals surface area (Å²) in [5.74, 6) is 0.739. The molecule has 1 aromatic carbocycles. The lowest BCUT2D eigenvalue weighted by molar-refractivity contribution is 0.194. The molecule has 1 rings (SSSR count). The molecule has 0 fully saturated rings. The van der Waals surface area contributed by atoms with Gasteiger partial charge in [0.1, 0.15) is 5.75 Å². The van der Waals surface area contributed by atoms with E-state index in [2.05, 4.69) is 25.7 Å². The van der Waals surface area contributed by atoms with Crippen LogP contribution in [0.4, 0.5) is 5.69 Å². The van der Waals surface area contributed by atoms with E-state index in [4.69, 9.17) is 4.74 Å². The number of hydrogen-bond donors (Lipinski definition) is 1. The summed E-state index contributed by atoms with van der Waals surface area (Å²) in [6.07, 6.45) is -0.543. The molecule has 0 bridgehead atoms. The van der Waals surface area contributed by atoms with Gasteiger partial charge in [0.25, 0.3) is 0 Å². The summed E-state index contributed by atoms with van der Waals surface area (Å²) in [7, 11) is 3.68. The van der Waals surface area contributed by atoms with Crippen molar-refractivity contribution in [3.05, 3.63) is 23.8 Å². The fraction of sp³-hybridized carbons (Fsp3) is 0.600. The van der Waals surface area contributed by atoms with E-state index in [0.29, 0.717) is 0 Å². The number of ether oxygens (including phenoxy) is 1. The average molecular weight is 251 g/mol. The fourth-order valence-electron chi connectivity index (χ4n) is 2.26. The monoisotopic (exact) mass is 251 g/mol. The average Bonchev–Trinajstić information content (AvgIpc) is 2.25. The maximum absolute atomic E-state index is 9.96. The molecule has 1 atom stereocenters. The lowest BCUT2D eigenvalue weighted by Crippen LogP contribution is -2.30. The van der Waals surface area contributed by atoms with E-state index >= 15 is 0 Å². The van der Waals surface area contributed by atoms with Crippen molar-refractivity contribution in [2.24, 2.45) is 5.41 Å². The van der Waals surface area contributed by atoms with Crippen molar-refractivity contribution in [3.63, 3.8) is 0 Å². The molecule has 0 amide bonds. The summed E-state index contributed by atoms with van der Waals surface area (Å²) < 4.78 is 5.34. The second-order valence-corrected chi connectivity index (χ2v) is 5.99. The zero-order valence-corrected chi connectivity index (χ0v) is 12.3. The molecule has 3 heteroatoms. The normalized spacial score (nSPS) is 13.3. The summed E-state index contributed by atoms with van der Waals surface area (Å²) >= 11 is 0. The summed E-state index contributed by atoms with van der Waals surface area (Å²) in [5, 5.41) is 9.96. The predicted octanol–water partition coefficient (Wildman–Crippen LogP) is 3.23. The van der Waals surface area contributed by atoms with Crippen LogP contribution in [0.2, 0.25) is 0 Å². The summed E-state index contributed by atoms with van der Waals surface area (Å²) in [6, 6.07) is 5.87. The van der Waals surface area contributed by atoms with Crippen LogP contribution in [-0.4, -0.2) is 25.8 Å². The Morgan fingerprint density at radius 2 is 1.94 bits per heavy atom. The van der Waals surface area contributed by atoms with E-state index in [1.54, 1.807) is 14.0 Å². The van der Waals surface area contributed by atoms with E-state index in [-0.39, 0.29) is 5.41 Å². The smallest absolute Gasteiger partial charge is 0.126 e. The third kappa shape index (κ3) is 3.64. The van der Waals surface area contributed by atoms with Crippen LogP contribution in [0.25, 0.3) is 0 Å². The first-order valence-corrected chi connectivity index (χ1v) is 6.32. The highest BCUT2D eigenvalue weighted by Crippen LogP contribution is 2.35. The molecule has 0 aromatic heterocycles. The molecule has 0 aliphatic heterocycles. The van der Waals surface area contributed by atoms with Gasteiger partial charge in [-0.15, -0.1) is 0 Å². The van der Waals surface area contributed by atoms with Crippen LogP contribution >= 0.6 is 0 Å². The lowest BCUT2D eigenvalue weighted by Gasteiger charge is -2.31. The SMILES string of the molecule is COc1cccc(N(C)CC(C)(C)C)c1[C@@H](C)O. The Kier molecular flexibility index (Phi) is 4.63. The topological polar surface area (TPSA) is 32.7 Å². The van der Waals surface area contributed by atoms with Gasteiger partial charge in [-0.3, -0.25) is 0 Å². The molecule has 18 heavy (non-hydrogen) atoms. The van der Waals surface area contributed by atoms with Crippen LogP contribution in [-0.2, 0) is 0 Å². The number of hydrogen-bond acceptors (Lipinski definition) is 3. The molecule has 0 aliphatic rings. The standard InChI is InChI=1S/C15H25NO2/c1-11(17)14-12(8-7-9-13(14)18-6)16(5)10-15(2,3)4/h7-9,11,17H,10H2,1-6H3/t11-/m1/s1. The molecule has 0 aliphatic carbocycles. The van der Waals surface area contributed by atoms with E-state index in [9.17, 15) is 5.11 Å². The molecule has 0 heterocycles. The van der Waals surface area contributed by atoms with Gasteiger partial charge >= 0.3 is 0 Å². The van der Waals surface area contributed by atoms with Crippen LogP contribution in [0.5, 0.6) is 5.75 Å². The number of rotatable bonds is 4. The number of methoxy groups -OCH3 is 1. The Labute approximate surface area is 110 Å². The predicted molar refractivity (Wildman–Crippen MR) is 76.4 cm³/mol. The van der Waals surface area contributed by atoms with Crippen molar-refractivity contribution in [2.75, 3.05) is 25.6 Å². The fourth-order valence-corrected chi connectivity index (χ4v) is 2.26. The minimum atomic E-state index is -0.543. The molecular formula is C15H25NO2. The van der Waals surface area contributed by atoms with E-state index in [1.807, 2.05) is 25.2 Å². The first-order chi connectivity index (χ1) is 8.26. The first kappa shape index (κ1) is 14.8. The second kappa shape index (κ2) is 5.61. The van der Waals surface area contributed by atoms with Crippen LogP contribution in [0.1, 0.15) is 39.4 Å². The van der Waals surface area contributed by atoms with Crippen molar-refractivity contribution in [1.82, 2.24) is 0 Å². The third-order valence-electron chi connectivity index (χ3n) is 2.80. The van der Waals surface area contributed by atoms with Crippen molar-refractivity contribution < 1.29 is 9.84 Å². The third-order valence-corrected chi connectivity index (χ3v) is 2.80. The Morgan fingerprint density at radius 3 is 2.39 bits per heavy atom. The summed E-state index contributed by atoms with van der Waals surface area (Å²) in [4.78, 5) is 2.17. The van der Waals surface area contributed by atoms with Crippen LogP contribution in [0.3, 0.4) is 0 Å². The van der Waals surface area contributed by atoms with Gasteiger partial charge < -0.3 is 14.7 Å². The molecule has 3 nitrogen and oxygen atoms in total. The second-order valence-electron chi connectivity index (χ2n) is 5.99. The first-order valence-electron chi connectivity index (χ1n) is 6.32. The number of aliphatic hydroxyl groups excluding tert-OH is 1. The van der Waals surface area contributed by atoms with Crippen LogP contribution < -0.4 is 9.64 Å². The van der Waals surface area contributed by atoms with Gasteiger partial charge in [0, 0.05) is 24.8 Å². The summed E-state index contributed by atoms with van der Waals surface area (Å²) in [5.41, 5.74) is 2.08. The molecule has 0 radical (unpaired) electrons. The Morgan fingerprint density at radius 1 is 1.33 bits per heavy atom. The van der Waals surface area contributed by atoms with E-state index in [1.165, 1.54) is 0 Å². The number of nitrogens with zero attached hydrogens (tertiary/aromatic N) is 1. The van der Waals surface area contributed by atoms with Crippen LogP contribution in [0.15, 0.2) is 18.2 Å². The molecule has 0 saturated carbocycles. The maximum Gasteiger partial charge on any atom is 0.126 e. The summed E-state index contributed by atoms with van der Waals surface area (Å²) in [6.45, 7) is 9.29. The molecule has 0 unspecified atom stereocenters. The lowest BCUT2D eigenvalue weighted by atomic mass is 9.95. The van der Waals surface area contributed by atoms with E-state index < -0.39 is 6.10 Å². The zero-order valence-electron chi connectivity index (χ0n) is 12.3. The van der Waals surface area contributed by atoms with Crippen LogP contribution in [0, 0.1) is 5.41 Å². The van der Waals surface area contributed by atoms with Gasteiger partial charge in [0.2, 0.25) is 0 Å². The molecule has 0 saturated heterocycles. The zero-order chi connectivity index (χ0) is 13.9. The van der Waals surface area contributed by atoms with E-state index in [0.717, 1.165) is 23.5 Å². The molecule has 102 valence electrons. The van der Waals surface area contributed by atoms with Gasteiger partial charge in [-0.2, -0.15) is 0 Å². The quantitative estimate of drug-likeness (QED) is 0.891. The highest BCUT2D eigenvalue weighted by Gasteiger charge is 2.20. The number of anilines is 1. The van der Waals surface area contributed by atoms with Gasteiger partial charge in [0.15, 0.2) is 0 Å². The van der Waals surface area contributed by atoms with Crippen molar-refractivity contribution in [1.29, 1.82) is 0 Å². The maximum atomic E-state index is 9.96. The molecule has 0 spiro atoms. The number of aliphatic hydroxyl groups is 1. The molecular weight excluding hydrogens is 226 g/mol. The Balaban J connectivity index is 3.15. The highest BCUT2D eigenvalue weighted by atomic mass is 16.5. The molecule has 1 aromatic rings. The van der Waals surface area contributed by atoms with Gasteiger partial charge in [0.05, 0.1) is 13.2 Å².